The lowest BCUT2D eigenvalue weighted by Gasteiger charge is -2.59. The minimum Gasteiger partial charge on any atom is -0.385 e. The number of halogens is 5. The van der Waals surface area contributed by atoms with E-state index in [1.807, 2.05) is 48.7 Å². The molecule has 2 heterocycles. The van der Waals surface area contributed by atoms with Crippen molar-refractivity contribution in [2.24, 2.45) is 22.7 Å². The number of aromatic nitrogens is 1. The summed E-state index contributed by atoms with van der Waals surface area (Å²) in [6.45, 7) is 8.48. The van der Waals surface area contributed by atoms with Gasteiger partial charge < -0.3 is 19.7 Å². The smallest absolute Gasteiger partial charge is 0.385 e. The molecule has 2 aromatic rings. The van der Waals surface area contributed by atoms with Gasteiger partial charge in [0.25, 0.3) is 0 Å². The number of hydrogen-bond donors (Lipinski definition) is 2. The summed E-state index contributed by atoms with van der Waals surface area (Å²) < 4.78 is 85.3. The first-order chi connectivity index (χ1) is 22.3. The fraction of sp³-hybridized carbons (Fsp3) is 0.649. The molecule has 5 nitrogen and oxygen atoms in total. The van der Waals surface area contributed by atoms with E-state index in [1.165, 1.54) is 6.92 Å². The van der Waals surface area contributed by atoms with Crippen molar-refractivity contribution in [2.75, 3.05) is 13.2 Å². The SMILES string of the molecule is Cc1nc(C=Cc2ccc([C@H]3C[C@@]4(C)C(CC[C@@]4(O)C(F)(F)C(F)(F)F)C4CCC5(O)CC6(CCC5=C43)OCC(C)(C)CO6)cc2)cs1. The summed E-state index contributed by atoms with van der Waals surface area (Å²) in [4.78, 5) is 4.45. The maximum Gasteiger partial charge on any atom is 0.456 e. The standard InChI is InChI=1S/C37H44F5NO4S/c1-22-43-25(18-48-22)10-7-23-5-8-24(9-6-23)27-17-32(4)28(13-16-35(32,45)36(38,39)37(40,41)42)26-11-14-33(44)19-34(15-12-29(33)30(26)27)46-20-31(2,3)21-47-34/h5-10,18,26-28,44-45H,11-17,19-21H2,1-4H3/t26?,27-,28?,32+,33?,35+/m1/s1. The lowest BCUT2D eigenvalue weighted by molar-refractivity contribution is -0.362. The molecule has 4 fully saturated rings. The second kappa shape index (κ2) is 11.2. The first-order valence-electron chi connectivity index (χ1n) is 16.9. The lowest BCUT2D eigenvalue weighted by Crippen LogP contribution is -2.65. The Kier molecular flexibility index (Phi) is 7.97. The van der Waals surface area contributed by atoms with E-state index in [-0.39, 0.29) is 30.6 Å². The summed E-state index contributed by atoms with van der Waals surface area (Å²) in [7, 11) is 0. The summed E-state index contributed by atoms with van der Waals surface area (Å²) in [5, 5.41) is 26.9. The van der Waals surface area contributed by atoms with Gasteiger partial charge in [-0.05, 0) is 80.1 Å². The first kappa shape index (κ1) is 34.3. The van der Waals surface area contributed by atoms with E-state index in [0.717, 1.165) is 33.0 Å². The van der Waals surface area contributed by atoms with Crippen LogP contribution in [0.4, 0.5) is 22.0 Å². The van der Waals surface area contributed by atoms with Crippen molar-refractivity contribution in [3.63, 3.8) is 0 Å². The number of allylic oxidation sites excluding steroid dienone is 1. The van der Waals surface area contributed by atoms with Crippen molar-refractivity contribution in [2.45, 2.75) is 114 Å². The predicted octanol–water partition coefficient (Wildman–Crippen LogP) is 8.85. The van der Waals surface area contributed by atoms with Crippen LogP contribution in [0, 0.1) is 29.6 Å². The summed E-state index contributed by atoms with van der Waals surface area (Å²) in [6.07, 6.45) is -0.787. The number of ether oxygens (including phenoxy) is 2. The molecule has 0 amide bonds. The van der Waals surface area contributed by atoms with Crippen LogP contribution in [0.25, 0.3) is 12.2 Å². The maximum absolute atomic E-state index is 15.4. The molecule has 1 spiro atoms. The highest BCUT2D eigenvalue weighted by Crippen LogP contribution is 2.71. The maximum atomic E-state index is 15.4. The van der Waals surface area contributed by atoms with Crippen molar-refractivity contribution in [3.8, 4) is 0 Å². The normalized spacial score (nSPS) is 36.3. The van der Waals surface area contributed by atoms with Gasteiger partial charge in [-0.15, -0.1) is 11.3 Å². The van der Waals surface area contributed by atoms with Gasteiger partial charge in [-0.25, -0.2) is 4.98 Å². The third-order valence-corrected chi connectivity index (χ3v) is 13.1. The fourth-order valence-electron chi connectivity index (χ4n) is 9.78. The number of aryl methyl sites for hydroxylation is 1. The first-order valence-corrected chi connectivity index (χ1v) is 17.8. The number of rotatable bonds is 4. The Balaban J connectivity index is 1.30. The molecule has 5 aliphatic rings. The van der Waals surface area contributed by atoms with Crippen LogP contribution in [0.1, 0.15) is 99.9 Å². The second-order valence-corrected chi connectivity index (χ2v) is 17.0. The van der Waals surface area contributed by atoms with Gasteiger partial charge in [0.05, 0.1) is 29.5 Å². The molecular weight excluding hydrogens is 649 g/mol. The molecule has 7 rings (SSSR count). The molecule has 3 unspecified atom stereocenters. The Morgan fingerprint density at radius 3 is 2.25 bits per heavy atom. The Morgan fingerprint density at radius 1 is 0.938 bits per heavy atom. The average Bonchev–Trinajstić information content (AvgIpc) is 3.56. The van der Waals surface area contributed by atoms with Gasteiger partial charge >= 0.3 is 12.1 Å². The summed E-state index contributed by atoms with van der Waals surface area (Å²) in [6, 6.07) is 7.60. The Bertz CT molecular complexity index is 1620. The average molecular weight is 694 g/mol. The third-order valence-electron chi connectivity index (χ3n) is 12.3. The molecule has 1 aliphatic heterocycles. The Morgan fingerprint density at radius 2 is 1.62 bits per heavy atom. The minimum absolute atomic E-state index is 0.0519. The van der Waals surface area contributed by atoms with Crippen molar-refractivity contribution in [1.82, 2.24) is 4.98 Å². The third kappa shape index (κ3) is 5.24. The van der Waals surface area contributed by atoms with E-state index in [9.17, 15) is 23.4 Å². The molecule has 1 aromatic heterocycles. The topological polar surface area (TPSA) is 71.8 Å². The number of hydrogen-bond acceptors (Lipinski definition) is 6. The zero-order valence-electron chi connectivity index (χ0n) is 27.8. The molecule has 4 aliphatic carbocycles. The highest BCUT2D eigenvalue weighted by atomic mass is 32.1. The molecule has 1 aromatic carbocycles. The predicted molar refractivity (Wildman–Crippen MR) is 173 cm³/mol. The van der Waals surface area contributed by atoms with Crippen molar-refractivity contribution >= 4 is 23.5 Å². The second-order valence-electron chi connectivity index (χ2n) is 16.0. The number of alkyl halides is 5. The number of aliphatic hydroxyl groups is 2. The van der Waals surface area contributed by atoms with E-state index in [4.69, 9.17) is 9.47 Å². The van der Waals surface area contributed by atoms with Crippen molar-refractivity contribution < 1.29 is 41.6 Å². The van der Waals surface area contributed by atoms with Crippen LogP contribution in [-0.2, 0) is 9.47 Å². The summed E-state index contributed by atoms with van der Waals surface area (Å²) in [5.41, 5.74) is -2.12. The van der Waals surface area contributed by atoms with Crippen LogP contribution < -0.4 is 0 Å². The molecule has 11 heteroatoms. The zero-order chi connectivity index (χ0) is 34.5. The molecule has 1 saturated heterocycles. The van der Waals surface area contributed by atoms with Gasteiger partial charge in [-0.1, -0.05) is 56.7 Å². The summed E-state index contributed by atoms with van der Waals surface area (Å²) in [5.74, 6) is -7.71. The van der Waals surface area contributed by atoms with Gasteiger partial charge in [0, 0.05) is 35.0 Å². The molecular formula is C37H44F5NO4S. The van der Waals surface area contributed by atoms with Gasteiger partial charge in [-0.2, -0.15) is 22.0 Å². The van der Waals surface area contributed by atoms with Gasteiger partial charge in [0.1, 0.15) is 5.60 Å². The highest BCUT2D eigenvalue weighted by Gasteiger charge is 2.79. The number of thiazole rings is 1. The molecule has 3 saturated carbocycles. The zero-order valence-corrected chi connectivity index (χ0v) is 28.6. The molecule has 0 bridgehead atoms. The van der Waals surface area contributed by atoms with E-state index in [1.54, 1.807) is 11.3 Å². The molecule has 262 valence electrons. The number of nitrogens with zero attached hydrogens (tertiary/aromatic N) is 1. The lowest BCUT2D eigenvalue weighted by atomic mass is 9.49. The van der Waals surface area contributed by atoms with Crippen molar-refractivity contribution in [1.29, 1.82) is 0 Å². The van der Waals surface area contributed by atoms with Crippen LogP contribution in [0.3, 0.4) is 0 Å². The highest BCUT2D eigenvalue weighted by molar-refractivity contribution is 7.09. The van der Waals surface area contributed by atoms with Crippen LogP contribution >= 0.6 is 11.3 Å². The van der Waals surface area contributed by atoms with Crippen molar-refractivity contribution in [3.05, 3.63) is 62.6 Å². The monoisotopic (exact) mass is 693 g/mol. The number of fused-ring (bicyclic) bond motifs is 4. The van der Waals surface area contributed by atoms with Crippen LogP contribution in [-0.4, -0.2) is 57.5 Å². The number of benzene rings is 1. The van der Waals surface area contributed by atoms with Gasteiger partial charge in [-0.3, -0.25) is 0 Å². The minimum atomic E-state index is -5.89. The van der Waals surface area contributed by atoms with Crippen LogP contribution in [0.15, 0.2) is 40.8 Å². The largest absolute Gasteiger partial charge is 0.456 e. The van der Waals surface area contributed by atoms with E-state index >= 15 is 8.78 Å². The molecule has 48 heavy (non-hydrogen) atoms. The van der Waals surface area contributed by atoms with E-state index < -0.39 is 52.8 Å². The Hall–Kier alpha value is -2.18. The molecule has 0 radical (unpaired) electrons. The van der Waals surface area contributed by atoms with Crippen LogP contribution in [0.5, 0.6) is 0 Å². The van der Waals surface area contributed by atoms with Crippen LogP contribution in [0.2, 0.25) is 0 Å². The molecule has 2 N–H and O–H groups in total. The Labute approximate surface area is 282 Å². The fourth-order valence-corrected chi connectivity index (χ4v) is 10.4. The van der Waals surface area contributed by atoms with Gasteiger partial charge in [0.2, 0.25) is 0 Å². The quantitative estimate of drug-likeness (QED) is 0.247. The van der Waals surface area contributed by atoms with E-state index in [0.29, 0.717) is 38.9 Å². The van der Waals surface area contributed by atoms with E-state index in [2.05, 4.69) is 18.8 Å². The summed E-state index contributed by atoms with van der Waals surface area (Å²) >= 11 is 1.55. The molecule has 6 atom stereocenters. The van der Waals surface area contributed by atoms with Gasteiger partial charge in [0.15, 0.2) is 5.79 Å².